The number of H-pyrrole nitrogens is 1. The number of halogens is 1. The molecule has 1 fully saturated rings. The first-order valence-electron chi connectivity index (χ1n) is 10.4. The molecule has 1 aliphatic heterocycles. The minimum atomic E-state index is -0.266. The van der Waals surface area contributed by atoms with Gasteiger partial charge in [-0.15, -0.1) is 0 Å². The van der Waals surface area contributed by atoms with Crippen LogP contribution >= 0.6 is 0 Å². The molecule has 1 saturated heterocycles. The fourth-order valence-electron chi connectivity index (χ4n) is 3.78. The Morgan fingerprint density at radius 2 is 2.10 bits per heavy atom. The monoisotopic (exact) mass is 410 g/mol. The molecule has 0 spiro atoms. The molecule has 1 aromatic carbocycles. The second-order valence-corrected chi connectivity index (χ2v) is 8.86. The van der Waals surface area contributed by atoms with E-state index in [1.54, 1.807) is 29.3 Å². The molecule has 30 heavy (non-hydrogen) atoms. The van der Waals surface area contributed by atoms with E-state index in [4.69, 9.17) is 4.42 Å². The quantitative estimate of drug-likeness (QED) is 0.671. The van der Waals surface area contributed by atoms with Gasteiger partial charge >= 0.3 is 0 Å². The topological polar surface area (TPSA) is 75.0 Å². The van der Waals surface area contributed by atoms with Gasteiger partial charge in [-0.2, -0.15) is 5.10 Å². The number of piperidine rings is 1. The molecule has 0 unspecified atom stereocenters. The number of nitrogens with zero attached hydrogens (tertiary/aromatic N) is 3. The second-order valence-electron chi connectivity index (χ2n) is 8.86. The third kappa shape index (κ3) is 4.15. The summed E-state index contributed by atoms with van der Waals surface area (Å²) in [5.41, 5.74) is 1.77. The molecule has 0 bridgehead atoms. The van der Waals surface area contributed by atoms with Gasteiger partial charge < -0.3 is 9.32 Å². The van der Waals surface area contributed by atoms with Gasteiger partial charge in [-0.25, -0.2) is 9.37 Å². The molecule has 1 atom stereocenters. The van der Waals surface area contributed by atoms with Crippen LogP contribution in [0.1, 0.15) is 79.5 Å². The number of carbonyl (C=O) groups is 1. The number of benzene rings is 1. The maximum atomic E-state index is 14.0. The average Bonchev–Trinajstić information content (AvgIpc) is 3.39. The molecule has 7 heteroatoms. The molecular formula is C23H27FN4O2. The predicted octanol–water partition coefficient (Wildman–Crippen LogP) is 4.79. The van der Waals surface area contributed by atoms with Gasteiger partial charge in [0, 0.05) is 24.1 Å². The molecule has 3 aromatic rings. The first-order chi connectivity index (χ1) is 14.3. The largest absolute Gasteiger partial charge is 0.443 e. The lowest BCUT2D eigenvalue weighted by Gasteiger charge is -2.33. The summed E-state index contributed by atoms with van der Waals surface area (Å²) < 4.78 is 19.9. The highest BCUT2D eigenvalue weighted by atomic mass is 19.1. The number of hydrogen-bond donors (Lipinski definition) is 1. The van der Waals surface area contributed by atoms with Crippen molar-refractivity contribution in [3.8, 4) is 0 Å². The summed E-state index contributed by atoms with van der Waals surface area (Å²) in [6.45, 7) is 6.85. The number of hydrogen-bond acceptors (Lipinski definition) is 4. The molecule has 0 radical (unpaired) electrons. The Bertz CT molecular complexity index is 1030. The van der Waals surface area contributed by atoms with E-state index in [2.05, 4.69) is 36.0 Å². The van der Waals surface area contributed by atoms with Crippen LogP contribution in [0.4, 0.5) is 4.39 Å². The number of carbonyl (C=O) groups excluding carboxylic acids is 1. The lowest BCUT2D eigenvalue weighted by molar-refractivity contribution is 0.0564. The van der Waals surface area contributed by atoms with E-state index in [1.165, 1.54) is 6.07 Å². The van der Waals surface area contributed by atoms with Crippen molar-refractivity contribution in [2.75, 3.05) is 6.54 Å². The zero-order valence-electron chi connectivity index (χ0n) is 17.6. The lowest BCUT2D eigenvalue weighted by Crippen LogP contribution is -2.38. The second kappa shape index (κ2) is 8.05. The van der Waals surface area contributed by atoms with Crippen molar-refractivity contribution in [2.45, 2.75) is 57.9 Å². The van der Waals surface area contributed by atoms with Gasteiger partial charge in [-0.3, -0.25) is 9.89 Å². The van der Waals surface area contributed by atoms with Gasteiger partial charge in [0.05, 0.1) is 6.20 Å². The van der Waals surface area contributed by atoms with Crippen LogP contribution in [-0.2, 0) is 11.8 Å². The molecule has 2 aromatic heterocycles. The maximum Gasteiger partial charge on any atom is 0.275 e. The Hall–Kier alpha value is -2.96. The van der Waals surface area contributed by atoms with Crippen molar-refractivity contribution < 1.29 is 13.6 Å². The number of rotatable bonds is 4. The van der Waals surface area contributed by atoms with Gasteiger partial charge in [0.2, 0.25) is 5.89 Å². The number of likely N-dealkylation sites (tertiary alicyclic amines) is 1. The van der Waals surface area contributed by atoms with Crippen LogP contribution < -0.4 is 0 Å². The van der Waals surface area contributed by atoms with Crippen molar-refractivity contribution >= 4 is 5.91 Å². The minimum absolute atomic E-state index is 0.114. The first-order valence-corrected chi connectivity index (χ1v) is 10.4. The van der Waals surface area contributed by atoms with Crippen LogP contribution in [0.25, 0.3) is 0 Å². The smallest absolute Gasteiger partial charge is 0.275 e. The molecular weight excluding hydrogens is 383 g/mol. The van der Waals surface area contributed by atoms with Crippen molar-refractivity contribution in [1.29, 1.82) is 0 Å². The third-order valence-electron chi connectivity index (χ3n) is 5.55. The molecule has 6 nitrogen and oxygen atoms in total. The molecule has 1 aliphatic rings. The van der Waals surface area contributed by atoms with Gasteiger partial charge in [-0.1, -0.05) is 39.0 Å². The number of amides is 1. The summed E-state index contributed by atoms with van der Waals surface area (Å²) in [7, 11) is 0. The molecule has 158 valence electrons. The highest BCUT2D eigenvalue weighted by Gasteiger charge is 2.33. The number of aromatic amines is 1. The predicted molar refractivity (Wildman–Crippen MR) is 111 cm³/mol. The van der Waals surface area contributed by atoms with Crippen molar-refractivity contribution in [1.82, 2.24) is 20.1 Å². The van der Waals surface area contributed by atoms with Crippen molar-refractivity contribution in [2.24, 2.45) is 0 Å². The zero-order valence-corrected chi connectivity index (χ0v) is 17.6. The Balaban J connectivity index is 1.54. The van der Waals surface area contributed by atoms with E-state index in [0.29, 0.717) is 35.9 Å². The van der Waals surface area contributed by atoms with E-state index in [0.717, 1.165) is 25.0 Å². The van der Waals surface area contributed by atoms with E-state index in [-0.39, 0.29) is 23.2 Å². The Morgan fingerprint density at radius 3 is 2.83 bits per heavy atom. The van der Waals surface area contributed by atoms with Crippen LogP contribution in [0.15, 0.2) is 40.9 Å². The van der Waals surface area contributed by atoms with Crippen LogP contribution in [0.2, 0.25) is 0 Å². The first kappa shape index (κ1) is 20.3. The Kier molecular flexibility index (Phi) is 5.45. The molecule has 1 amide bonds. The standard InChI is InChI=1S/C23H27FN4O2/c1-23(2,3)20-13-18(26-27-20)22(29)28-11-7-6-10-19(28)21-25-14-16(30-21)12-15-8-4-5-9-17(15)24/h4-5,8-9,13-14,19H,6-7,10-12H2,1-3H3,(H,26,27)/t19-/m1/s1. The number of aromatic nitrogens is 3. The van der Waals surface area contributed by atoms with Crippen LogP contribution in [-0.4, -0.2) is 32.5 Å². The number of oxazole rings is 1. The van der Waals surface area contributed by atoms with Gasteiger partial charge in [0.25, 0.3) is 5.91 Å². The molecule has 4 rings (SSSR count). The summed E-state index contributed by atoms with van der Waals surface area (Å²) in [4.78, 5) is 19.4. The maximum absolute atomic E-state index is 14.0. The fraction of sp³-hybridized carbons (Fsp3) is 0.435. The number of nitrogens with one attached hydrogen (secondary N) is 1. The summed E-state index contributed by atoms with van der Waals surface area (Å²) >= 11 is 0. The van der Waals surface area contributed by atoms with Crippen molar-refractivity contribution in [3.63, 3.8) is 0 Å². The molecule has 1 N–H and O–H groups in total. The summed E-state index contributed by atoms with van der Waals surface area (Å²) in [5, 5.41) is 7.23. The Labute approximate surface area is 175 Å². The summed E-state index contributed by atoms with van der Waals surface area (Å²) in [6.07, 6.45) is 4.66. The molecule has 3 heterocycles. The SMILES string of the molecule is CC(C)(C)c1cc(C(=O)N2CCCC[C@@H]2c2ncc(Cc3ccccc3F)o2)n[nH]1. The molecule has 0 saturated carbocycles. The van der Waals surface area contributed by atoms with Gasteiger partial charge in [0.15, 0.2) is 0 Å². The Morgan fingerprint density at radius 1 is 1.30 bits per heavy atom. The minimum Gasteiger partial charge on any atom is -0.443 e. The zero-order chi connectivity index (χ0) is 21.3. The van der Waals surface area contributed by atoms with E-state index < -0.39 is 0 Å². The summed E-state index contributed by atoms with van der Waals surface area (Å²) in [5.74, 6) is 0.697. The third-order valence-corrected chi connectivity index (χ3v) is 5.55. The van der Waals surface area contributed by atoms with E-state index in [9.17, 15) is 9.18 Å². The normalized spacial score (nSPS) is 17.3. The summed E-state index contributed by atoms with van der Waals surface area (Å²) in [6, 6.07) is 8.22. The lowest BCUT2D eigenvalue weighted by atomic mass is 9.92. The average molecular weight is 410 g/mol. The molecule has 0 aliphatic carbocycles. The highest BCUT2D eigenvalue weighted by Crippen LogP contribution is 2.32. The van der Waals surface area contributed by atoms with Crippen LogP contribution in [0.5, 0.6) is 0 Å². The van der Waals surface area contributed by atoms with Crippen LogP contribution in [0, 0.1) is 5.82 Å². The van der Waals surface area contributed by atoms with Gasteiger partial charge in [-0.05, 0) is 37.0 Å². The van der Waals surface area contributed by atoms with E-state index >= 15 is 0 Å². The van der Waals surface area contributed by atoms with E-state index in [1.807, 2.05) is 6.07 Å². The van der Waals surface area contributed by atoms with Gasteiger partial charge in [0.1, 0.15) is 23.3 Å². The van der Waals surface area contributed by atoms with Crippen LogP contribution in [0.3, 0.4) is 0 Å². The highest BCUT2D eigenvalue weighted by molar-refractivity contribution is 5.92. The van der Waals surface area contributed by atoms with Crippen molar-refractivity contribution in [3.05, 3.63) is 70.9 Å². The fourth-order valence-corrected chi connectivity index (χ4v) is 3.78.